The molecule has 3 saturated heterocycles. The third-order valence-electron chi connectivity index (χ3n) is 13.4. The topological polar surface area (TPSA) is 150 Å². The summed E-state index contributed by atoms with van der Waals surface area (Å²) in [4.78, 5) is 40.6. The van der Waals surface area contributed by atoms with Gasteiger partial charge in [-0.25, -0.2) is 18.2 Å². The highest BCUT2D eigenvalue weighted by Crippen LogP contribution is 2.44. The van der Waals surface area contributed by atoms with Gasteiger partial charge >= 0.3 is 0 Å². The van der Waals surface area contributed by atoms with Gasteiger partial charge in [0.25, 0.3) is 0 Å². The van der Waals surface area contributed by atoms with Crippen LogP contribution in [0.15, 0.2) is 65.5 Å². The minimum Gasteiger partial charge on any atom is -0.488 e. The Bertz CT molecular complexity index is 2690. The lowest BCUT2D eigenvalue weighted by molar-refractivity contribution is -0.134. The Morgan fingerprint density at radius 2 is 1.64 bits per heavy atom. The number of carbonyl (C=O) groups excluding carboxylic acids is 2. The zero-order chi connectivity index (χ0) is 47.0. The number of imide groups is 1. The lowest BCUT2D eigenvalue weighted by atomic mass is 9.89. The van der Waals surface area contributed by atoms with Gasteiger partial charge in [-0.15, -0.1) is 0 Å². The maximum Gasteiger partial charge on any atom is 0.234 e. The Morgan fingerprint density at radius 1 is 0.896 bits per heavy atom. The minimum atomic E-state index is -2.84. The summed E-state index contributed by atoms with van der Waals surface area (Å²) >= 11 is 3.55. The molecule has 19 heteroatoms. The molecule has 1 atom stereocenters. The van der Waals surface area contributed by atoms with Crippen molar-refractivity contribution >= 4 is 69.0 Å². The van der Waals surface area contributed by atoms with Crippen LogP contribution in [0.2, 0.25) is 0 Å². The largest absolute Gasteiger partial charge is 0.488 e. The van der Waals surface area contributed by atoms with E-state index in [1.54, 1.807) is 30.3 Å². The van der Waals surface area contributed by atoms with E-state index in [0.717, 1.165) is 88.2 Å². The van der Waals surface area contributed by atoms with Crippen molar-refractivity contribution in [3.63, 3.8) is 0 Å². The van der Waals surface area contributed by atoms with Crippen molar-refractivity contribution in [1.82, 2.24) is 34.9 Å². The number of piperazine rings is 1. The number of benzene rings is 3. The molecule has 1 saturated carbocycles. The number of rotatable bonds is 14. The standard InChI is InChI=1S/C48H55BrF3N10O4P/c1-59-28-30(26-54-59)35-24-40(56-48-53-27-36(49)46(58-48)55-39-9-7-31(50)23-43(39)67(2,3)65)42(66-33-5-4-6-33)25-41(35)62-15-12-32(13-16-62)61-19-17-60(18-20-61)14-11-29-21-37(51)45(38(52)22-29)34-8-10-44(63)57-47(34)64/h7,9,21-28,32-34H,4-6,8,10-20H2,1-3H3,(H,57,63,64)(H2,53,55,56,58)/t34-/m1/s1. The number of ether oxygens (including phenoxy) is 1. The molecule has 0 bridgehead atoms. The van der Waals surface area contributed by atoms with E-state index in [-0.39, 0.29) is 24.5 Å². The van der Waals surface area contributed by atoms with Gasteiger partial charge in [0.05, 0.1) is 34.1 Å². The lowest BCUT2D eigenvalue weighted by Gasteiger charge is -2.43. The van der Waals surface area contributed by atoms with Crippen LogP contribution in [0, 0.1) is 17.5 Å². The number of hydrogen-bond donors (Lipinski definition) is 3. The van der Waals surface area contributed by atoms with Gasteiger partial charge in [-0.2, -0.15) is 10.1 Å². The van der Waals surface area contributed by atoms with Gasteiger partial charge in [0.2, 0.25) is 17.8 Å². The molecule has 4 fully saturated rings. The summed E-state index contributed by atoms with van der Waals surface area (Å²) in [6.07, 6.45) is 11.2. The highest BCUT2D eigenvalue weighted by atomic mass is 79.9. The molecular formula is C48H55BrF3N10O4P. The molecule has 14 nitrogen and oxygen atoms in total. The highest BCUT2D eigenvalue weighted by molar-refractivity contribution is 9.10. The molecule has 3 N–H and O–H groups in total. The molecule has 4 aliphatic rings. The average Bonchev–Trinajstić information content (AvgIpc) is 3.72. The third kappa shape index (κ3) is 10.7. The van der Waals surface area contributed by atoms with Gasteiger partial charge in [0, 0.05) is 111 Å². The smallest absolute Gasteiger partial charge is 0.234 e. The zero-order valence-electron chi connectivity index (χ0n) is 37.8. The first kappa shape index (κ1) is 46.8. The summed E-state index contributed by atoms with van der Waals surface area (Å²) < 4.78 is 66.8. The molecule has 1 aliphatic carbocycles. The first-order valence-electron chi connectivity index (χ1n) is 22.9. The number of carbonyl (C=O) groups is 2. The molecule has 0 radical (unpaired) electrons. The second kappa shape index (κ2) is 19.7. The van der Waals surface area contributed by atoms with Crippen molar-refractivity contribution in [2.45, 2.75) is 69.4 Å². The number of aryl methyl sites for hydroxylation is 1. The summed E-state index contributed by atoms with van der Waals surface area (Å²) in [6.45, 7) is 9.08. The molecule has 3 aliphatic heterocycles. The summed E-state index contributed by atoms with van der Waals surface area (Å²) in [5, 5.41) is 13.8. The summed E-state index contributed by atoms with van der Waals surface area (Å²) in [5.74, 6) is -2.63. The quantitative estimate of drug-likeness (QED) is 0.0730. The molecule has 0 unspecified atom stereocenters. The van der Waals surface area contributed by atoms with Crippen LogP contribution in [0.25, 0.3) is 11.1 Å². The predicted molar refractivity (Wildman–Crippen MR) is 257 cm³/mol. The Kier molecular flexibility index (Phi) is 13.8. The lowest BCUT2D eigenvalue weighted by Crippen LogP contribution is -2.53. The first-order valence-corrected chi connectivity index (χ1v) is 26.3. The number of hydrogen-bond acceptors (Lipinski definition) is 12. The number of amides is 2. The molecule has 67 heavy (non-hydrogen) atoms. The van der Waals surface area contributed by atoms with Crippen molar-refractivity contribution in [2.75, 3.05) is 74.7 Å². The molecule has 9 rings (SSSR count). The van der Waals surface area contributed by atoms with Crippen molar-refractivity contribution in [3.05, 3.63) is 94.1 Å². The molecule has 5 heterocycles. The van der Waals surface area contributed by atoms with E-state index in [0.29, 0.717) is 63.2 Å². The summed E-state index contributed by atoms with van der Waals surface area (Å²) in [6, 6.07) is 11.5. The van der Waals surface area contributed by atoms with Crippen molar-refractivity contribution < 1.29 is 32.1 Å². The summed E-state index contributed by atoms with van der Waals surface area (Å²) in [7, 11) is -0.943. The number of nitrogens with zero attached hydrogens (tertiary/aromatic N) is 7. The Labute approximate surface area is 396 Å². The van der Waals surface area contributed by atoms with Gasteiger partial charge in [-0.3, -0.25) is 24.5 Å². The van der Waals surface area contributed by atoms with E-state index in [2.05, 4.69) is 68.8 Å². The number of halogens is 4. The number of anilines is 5. The van der Waals surface area contributed by atoms with Gasteiger partial charge < -0.3 is 29.7 Å². The van der Waals surface area contributed by atoms with Crippen LogP contribution < -0.4 is 30.9 Å². The van der Waals surface area contributed by atoms with Gasteiger partial charge in [-0.05, 0) is 116 Å². The Morgan fingerprint density at radius 3 is 2.30 bits per heavy atom. The summed E-state index contributed by atoms with van der Waals surface area (Å²) in [5.41, 5.74) is 4.47. The van der Waals surface area contributed by atoms with Gasteiger partial charge in [0.1, 0.15) is 36.2 Å². The van der Waals surface area contributed by atoms with E-state index in [1.807, 2.05) is 19.4 Å². The highest BCUT2D eigenvalue weighted by Gasteiger charge is 2.34. The van der Waals surface area contributed by atoms with Gasteiger partial charge in [0.15, 0.2) is 0 Å². The Hall–Kier alpha value is -5.29. The normalized spacial score (nSPS) is 19.0. The van der Waals surface area contributed by atoms with E-state index >= 15 is 8.78 Å². The predicted octanol–water partition coefficient (Wildman–Crippen LogP) is 8.07. The van der Waals surface area contributed by atoms with Gasteiger partial charge in [-0.1, -0.05) is 0 Å². The molecule has 2 aromatic heterocycles. The number of nitrogens with one attached hydrogen (secondary N) is 3. The third-order valence-corrected chi connectivity index (χ3v) is 15.5. The maximum atomic E-state index is 15.2. The fraction of sp³-hybridized carbons (Fsp3) is 0.438. The molecular weight excluding hydrogens is 948 g/mol. The molecule has 2 amide bonds. The molecule has 5 aromatic rings. The maximum absolute atomic E-state index is 15.2. The fourth-order valence-electron chi connectivity index (χ4n) is 9.50. The monoisotopic (exact) mass is 1000 g/mol. The number of piperidine rings is 2. The minimum absolute atomic E-state index is 0.0553. The molecule has 354 valence electrons. The van der Waals surface area contributed by atoms with E-state index in [9.17, 15) is 18.5 Å². The van der Waals surface area contributed by atoms with Crippen LogP contribution in [0.3, 0.4) is 0 Å². The molecule has 0 spiro atoms. The van der Waals surface area contributed by atoms with Crippen LogP contribution in [-0.2, 0) is 27.6 Å². The first-order chi connectivity index (χ1) is 32.1. The van der Waals surface area contributed by atoms with E-state index in [1.165, 1.54) is 24.3 Å². The van der Waals surface area contributed by atoms with Crippen LogP contribution in [0.1, 0.15) is 62.0 Å². The van der Waals surface area contributed by atoms with Crippen LogP contribution in [-0.4, -0.2) is 113 Å². The zero-order valence-corrected chi connectivity index (χ0v) is 40.3. The number of aromatic nitrogens is 4. The van der Waals surface area contributed by atoms with E-state index < -0.39 is 42.3 Å². The van der Waals surface area contributed by atoms with Crippen LogP contribution in [0.5, 0.6) is 5.75 Å². The average molecular weight is 1000 g/mol. The second-order valence-corrected chi connectivity index (χ2v) is 22.5. The van der Waals surface area contributed by atoms with Crippen LogP contribution >= 0.6 is 23.1 Å². The second-order valence-electron chi connectivity index (χ2n) is 18.4. The molecule has 3 aromatic carbocycles. The van der Waals surface area contributed by atoms with Crippen LogP contribution in [0.4, 0.5) is 42.0 Å². The van der Waals surface area contributed by atoms with E-state index in [4.69, 9.17) is 9.72 Å². The fourth-order valence-corrected chi connectivity index (χ4v) is 10.9. The van der Waals surface area contributed by atoms with Crippen molar-refractivity contribution in [1.29, 1.82) is 0 Å². The SMILES string of the molecule is Cn1cc(-c2cc(Nc3ncc(Br)c(Nc4ccc(F)cc4P(C)(C)=O)n3)c(OC3CCC3)cc2N2CCC(N3CCN(CCc4cc(F)c([C@H]5CCC(=O)NC5=O)c(F)c4)CC3)CC2)cn1. The Balaban J connectivity index is 0.871. The van der Waals surface area contributed by atoms with Crippen molar-refractivity contribution in [3.8, 4) is 16.9 Å². The van der Waals surface area contributed by atoms with Crippen molar-refractivity contribution in [2.24, 2.45) is 7.05 Å².